The second kappa shape index (κ2) is 4.42. The van der Waals surface area contributed by atoms with E-state index in [0.29, 0.717) is 16.7 Å². The number of ether oxygens (including phenoxy) is 2. The number of rotatable bonds is 1. The molecule has 0 amide bonds. The van der Waals surface area contributed by atoms with Crippen LogP contribution in [-0.2, 0) is 0 Å². The SMILES string of the molecule is O=c1c(-c2ccc3c(c2O)OCO3)coc2cc(O)ccc12. The number of benzene rings is 2. The molecule has 6 nitrogen and oxygen atoms in total. The van der Waals surface area contributed by atoms with Crippen LogP contribution in [0.25, 0.3) is 22.1 Å². The van der Waals surface area contributed by atoms with Crippen molar-refractivity contribution in [3.05, 3.63) is 46.8 Å². The van der Waals surface area contributed by atoms with Crippen LogP contribution in [0.5, 0.6) is 23.0 Å². The predicted octanol–water partition coefficient (Wildman–Crippen LogP) is 2.60. The van der Waals surface area contributed by atoms with Crippen molar-refractivity contribution >= 4 is 11.0 Å². The lowest BCUT2D eigenvalue weighted by molar-refractivity contribution is 0.171. The van der Waals surface area contributed by atoms with E-state index < -0.39 is 0 Å². The molecule has 0 spiro atoms. The van der Waals surface area contributed by atoms with Crippen molar-refractivity contribution in [1.82, 2.24) is 0 Å². The maximum Gasteiger partial charge on any atom is 0.231 e. The Bertz CT molecular complexity index is 957. The maximum atomic E-state index is 12.6. The first kappa shape index (κ1) is 12.6. The van der Waals surface area contributed by atoms with E-state index in [2.05, 4.69) is 0 Å². The average Bonchev–Trinajstić information content (AvgIpc) is 2.98. The molecule has 0 radical (unpaired) electrons. The molecule has 110 valence electrons. The molecule has 1 aliphatic heterocycles. The van der Waals surface area contributed by atoms with Crippen molar-refractivity contribution in [1.29, 1.82) is 0 Å². The molecule has 2 heterocycles. The van der Waals surface area contributed by atoms with Crippen molar-refractivity contribution in [2.45, 2.75) is 0 Å². The fraction of sp³-hybridized carbons (Fsp3) is 0.0625. The summed E-state index contributed by atoms with van der Waals surface area (Å²) in [5.41, 5.74) is 0.464. The Morgan fingerprint density at radius 2 is 1.86 bits per heavy atom. The monoisotopic (exact) mass is 298 g/mol. The Labute approximate surface area is 123 Å². The third-order valence-corrected chi connectivity index (χ3v) is 3.56. The highest BCUT2D eigenvalue weighted by Gasteiger charge is 2.23. The number of aromatic hydroxyl groups is 2. The van der Waals surface area contributed by atoms with Crippen molar-refractivity contribution in [3.8, 4) is 34.1 Å². The second-order valence-electron chi connectivity index (χ2n) is 4.85. The quantitative estimate of drug-likeness (QED) is 0.718. The fourth-order valence-electron chi connectivity index (χ4n) is 2.48. The molecule has 2 N–H and O–H groups in total. The third-order valence-electron chi connectivity index (χ3n) is 3.56. The van der Waals surface area contributed by atoms with Gasteiger partial charge in [0.1, 0.15) is 17.6 Å². The number of phenolic OH excluding ortho intramolecular Hbond substituents is 2. The van der Waals surface area contributed by atoms with E-state index in [0.717, 1.165) is 0 Å². The maximum absolute atomic E-state index is 12.6. The highest BCUT2D eigenvalue weighted by molar-refractivity contribution is 5.85. The zero-order chi connectivity index (χ0) is 15.3. The normalized spacial score (nSPS) is 12.7. The molecular formula is C16H10O6. The molecule has 0 bridgehead atoms. The molecular weight excluding hydrogens is 288 g/mol. The zero-order valence-electron chi connectivity index (χ0n) is 11.2. The van der Waals surface area contributed by atoms with Crippen LogP contribution in [0.1, 0.15) is 0 Å². The average molecular weight is 298 g/mol. The molecule has 0 fully saturated rings. The first-order valence-corrected chi connectivity index (χ1v) is 6.51. The highest BCUT2D eigenvalue weighted by Crippen LogP contribution is 2.45. The van der Waals surface area contributed by atoms with Crippen molar-refractivity contribution in [2.24, 2.45) is 0 Å². The van der Waals surface area contributed by atoms with Gasteiger partial charge >= 0.3 is 0 Å². The van der Waals surface area contributed by atoms with Crippen LogP contribution < -0.4 is 14.9 Å². The molecule has 3 aromatic rings. The summed E-state index contributed by atoms with van der Waals surface area (Å²) in [5.74, 6) is 0.480. The van der Waals surface area contributed by atoms with Gasteiger partial charge in [-0.2, -0.15) is 0 Å². The molecule has 1 aliphatic rings. The Balaban J connectivity index is 1.98. The summed E-state index contributed by atoms with van der Waals surface area (Å²) in [6.07, 6.45) is 1.25. The summed E-state index contributed by atoms with van der Waals surface area (Å²) >= 11 is 0. The van der Waals surface area contributed by atoms with Crippen molar-refractivity contribution < 1.29 is 24.1 Å². The van der Waals surface area contributed by atoms with Gasteiger partial charge in [-0.1, -0.05) is 0 Å². The predicted molar refractivity (Wildman–Crippen MR) is 77.4 cm³/mol. The number of hydrogen-bond acceptors (Lipinski definition) is 6. The van der Waals surface area contributed by atoms with Crippen molar-refractivity contribution in [3.63, 3.8) is 0 Å². The minimum absolute atomic E-state index is 0.00864. The fourth-order valence-corrected chi connectivity index (χ4v) is 2.48. The first-order valence-electron chi connectivity index (χ1n) is 6.51. The third kappa shape index (κ3) is 1.70. The Hall–Kier alpha value is -3.15. The van der Waals surface area contributed by atoms with E-state index in [9.17, 15) is 15.0 Å². The second-order valence-corrected chi connectivity index (χ2v) is 4.85. The van der Waals surface area contributed by atoms with Gasteiger partial charge in [-0.3, -0.25) is 4.79 Å². The number of hydrogen-bond donors (Lipinski definition) is 2. The van der Waals surface area contributed by atoms with Crippen molar-refractivity contribution in [2.75, 3.05) is 6.79 Å². The number of phenols is 2. The lowest BCUT2D eigenvalue weighted by Crippen LogP contribution is -2.04. The van der Waals surface area contributed by atoms with Gasteiger partial charge in [-0.15, -0.1) is 0 Å². The molecule has 0 aliphatic carbocycles. The largest absolute Gasteiger partial charge is 0.508 e. The molecule has 0 saturated carbocycles. The van der Waals surface area contributed by atoms with Gasteiger partial charge in [-0.05, 0) is 24.3 Å². The molecule has 0 atom stereocenters. The van der Waals surface area contributed by atoms with Gasteiger partial charge in [0.05, 0.1) is 10.9 Å². The highest BCUT2D eigenvalue weighted by atomic mass is 16.7. The summed E-state index contributed by atoms with van der Waals surface area (Å²) in [6, 6.07) is 7.44. The van der Waals surface area contributed by atoms with E-state index in [4.69, 9.17) is 13.9 Å². The van der Waals surface area contributed by atoms with Gasteiger partial charge in [-0.25, -0.2) is 0 Å². The summed E-state index contributed by atoms with van der Waals surface area (Å²) in [7, 11) is 0. The van der Waals surface area contributed by atoms with Crippen LogP contribution >= 0.6 is 0 Å². The van der Waals surface area contributed by atoms with E-state index in [1.54, 1.807) is 12.1 Å². The molecule has 4 rings (SSSR count). The van der Waals surface area contributed by atoms with Crippen LogP contribution in [0.3, 0.4) is 0 Å². The number of fused-ring (bicyclic) bond motifs is 2. The summed E-state index contributed by atoms with van der Waals surface area (Å²) in [5, 5.41) is 20.0. The molecule has 6 heteroatoms. The van der Waals surface area contributed by atoms with Gasteiger partial charge in [0.2, 0.25) is 18.0 Å². The molecule has 2 aromatic carbocycles. The van der Waals surface area contributed by atoms with E-state index in [1.165, 1.54) is 24.5 Å². The molecule has 1 aromatic heterocycles. The van der Waals surface area contributed by atoms with Crippen LogP contribution in [-0.4, -0.2) is 17.0 Å². The first-order chi connectivity index (χ1) is 10.6. The topological polar surface area (TPSA) is 89.1 Å². The van der Waals surface area contributed by atoms with Gasteiger partial charge in [0.15, 0.2) is 11.5 Å². The summed E-state index contributed by atoms with van der Waals surface area (Å²) in [6.45, 7) is 0.0257. The van der Waals surface area contributed by atoms with Gasteiger partial charge in [0.25, 0.3) is 0 Å². The van der Waals surface area contributed by atoms with Crippen LogP contribution in [0, 0.1) is 0 Å². The van der Waals surface area contributed by atoms with E-state index in [-0.39, 0.29) is 40.6 Å². The van der Waals surface area contributed by atoms with E-state index in [1.807, 2.05) is 0 Å². The zero-order valence-corrected chi connectivity index (χ0v) is 11.2. The minimum atomic E-state index is -0.310. The summed E-state index contributed by atoms with van der Waals surface area (Å²) in [4.78, 5) is 12.6. The van der Waals surface area contributed by atoms with E-state index >= 15 is 0 Å². The smallest absolute Gasteiger partial charge is 0.231 e. The standard InChI is InChI=1S/C16H10O6/c17-8-1-2-10-13(5-8)20-6-11(14(10)18)9-3-4-12-16(15(9)19)22-7-21-12/h1-6,17,19H,7H2. The lowest BCUT2D eigenvalue weighted by Gasteiger charge is -2.07. The Kier molecular flexibility index (Phi) is 2.53. The lowest BCUT2D eigenvalue weighted by atomic mass is 10.0. The summed E-state index contributed by atoms with van der Waals surface area (Å²) < 4.78 is 15.8. The van der Waals surface area contributed by atoms with Crippen LogP contribution in [0.4, 0.5) is 0 Å². The Morgan fingerprint density at radius 3 is 2.73 bits per heavy atom. The molecule has 22 heavy (non-hydrogen) atoms. The molecule has 0 unspecified atom stereocenters. The van der Waals surface area contributed by atoms with Crippen LogP contribution in [0.2, 0.25) is 0 Å². The van der Waals surface area contributed by atoms with Gasteiger partial charge < -0.3 is 24.1 Å². The van der Waals surface area contributed by atoms with Crippen LogP contribution in [0.15, 0.2) is 45.8 Å². The minimum Gasteiger partial charge on any atom is -0.508 e. The van der Waals surface area contributed by atoms with Gasteiger partial charge in [0, 0.05) is 11.6 Å². The Morgan fingerprint density at radius 1 is 1.00 bits per heavy atom. The molecule has 0 saturated heterocycles.